The van der Waals surface area contributed by atoms with Gasteiger partial charge in [-0.25, -0.2) is 0 Å². The number of nitrogens with zero attached hydrogens (tertiary/aromatic N) is 1. The molecule has 3 heteroatoms. The lowest BCUT2D eigenvalue weighted by atomic mass is 9.96. The fraction of sp³-hybridized carbons (Fsp3) is 0.941. The van der Waals surface area contributed by atoms with Gasteiger partial charge in [0.05, 0.1) is 11.7 Å². The van der Waals surface area contributed by atoms with Crippen molar-refractivity contribution in [1.29, 1.82) is 0 Å². The molecule has 1 amide bonds. The van der Waals surface area contributed by atoms with Gasteiger partial charge in [-0.05, 0) is 56.8 Å². The zero-order valence-corrected chi connectivity index (χ0v) is 12.7. The van der Waals surface area contributed by atoms with Crippen LogP contribution in [0.1, 0.15) is 71.1 Å². The summed E-state index contributed by atoms with van der Waals surface area (Å²) in [5, 5.41) is 3.79. The Labute approximate surface area is 122 Å². The van der Waals surface area contributed by atoms with Crippen LogP contribution in [0.25, 0.3) is 0 Å². The fourth-order valence-electron chi connectivity index (χ4n) is 4.72. The van der Waals surface area contributed by atoms with Crippen molar-refractivity contribution in [3.63, 3.8) is 0 Å². The molecular formula is C17H28N2O. The Morgan fingerprint density at radius 3 is 2.30 bits per heavy atom. The molecule has 0 aromatic carbocycles. The minimum Gasteiger partial charge on any atom is -0.322 e. The third kappa shape index (κ3) is 2.01. The average Bonchev–Trinajstić information content (AvgIpc) is 3.36. The summed E-state index contributed by atoms with van der Waals surface area (Å²) in [7, 11) is 0. The van der Waals surface area contributed by atoms with Gasteiger partial charge in [-0.15, -0.1) is 0 Å². The maximum atomic E-state index is 13.2. The zero-order chi connectivity index (χ0) is 13.7. The number of hydrogen-bond donors (Lipinski definition) is 1. The van der Waals surface area contributed by atoms with Gasteiger partial charge in [-0.1, -0.05) is 26.2 Å². The van der Waals surface area contributed by atoms with Crippen LogP contribution in [0.3, 0.4) is 0 Å². The second-order valence-electron chi connectivity index (χ2n) is 7.62. The highest BCUT2D eigenvalue weighted by atomic mass is 16.2. The molecule has 3 saturated carbocycles. The van der Waals surface area contributed by atoms with Crippen molar-refractivity contribution in [3.05, 3.63) is 0 Å². The van der Waals surface area contributed by atoms with Crippen LogP contribution >= 0.6 is 0 Å². The van der Waals surface area contributed by atoms with Crippen molar-refractivity contribution in [2.75, 3.05) is 0 Å². The third-order valence-corrected chi connectivity index (χ3v) is 5.97. The molecule has 0 radical (unpaired) electrons. The van der Waals surface area contributed by atoms with E-state index in [1.807, 2.05) is 0 Å². The molecule has 1 aliphatic heterocycles. The van der Waals surface area contributed by atoms with Crippen LogP contribution in [0.15, 0.2) is 0 Å². The lowest BCUT2D eigenvalue weighted by molar-refractivity contribution is -0.136. The number of amides is 1. The molecule has 1 atom stereocenters. The first-order valence-corrected chi connectivity index (χ1v) is 8.85. The van der Waals surface area contributed by atoms with Gasteiger partial charge in [0.1, 0.15) is 0 Å². The molecule has 112 valence electrons. The van der Waals surface area contributed by atoms with Gasteiger partial charge in [0.25, 0.3) is 0 Å². The number of carbonyl (C=O) groups is 1. The largest absolute Gasteiger partial charge is 0.322 e. The van der Waals surface area contributed by atoms with E-state index >= 15 is 0 Å². The number of carbonyl (C=O) groups excluding carboxylic acids is 1. The molecule has 4 fully saturated rings. The van der Waals surface area contributed by atoms with E-state index < -0.39 is 0 Å². The average molecular weight is 276 g/mol. The zero-order valence-electron chi connectivity index (χ0n) is 12.7. The first-order valence-electron chi connectivity index (χ1n) is 8.85. The Morgan fingerprint density at radius 2 is 1.80 bits per heavy atom. The first kappa shape index (κ1) is 13.1. The van der Waals surface area contributed by atoms with Gasteiger partial charge in [0, 0.05) is 6.04 Å². The van der Waals surface area contributed by atoms with Crippen LogP contribution in [-0.2, 0) is 4.79 Å². The van der Waals surface area contributed by atoms with Gasteiger partial charge in [0.15, 0.2) is 0 Å². The molecule has 1 unspecified atom stereocenters. The van der Waals surface area contributed by atoms with Crippen molar-refractivity contribution in [2.24, 2.45) is 11.8 Å². The smallest absolute Gasteiger partial charge is 0.244 e. The Kier molecular flexibility index (Phi) is 3.10. The standard InChI is InChI=1S/C17H28N2O/c1-2-5-14-18-17(10-3-4-11-17)16(20)19(14)15(12-6-7-12)13-8-9-13/h12-15,18H,2-11H2,1H3. The molecular weight excluding hydrogens is 248 g/mol. The van der Waals surface area contributed by atoms with Gasteiger partial charge in [0.2, 0.25) is 5.91 Å². The summed E-state index contributed by atoms with van der Waals surface area (Å²) in [6, 6.07) is 0.575. The highest BCUT2D eigenvalue weighted by Crippen LogP contribution is 2.50. The molecule has 1 N–H and O–H groups in total. The Balaban J connectivity index is 1.61. The second kappa shape index (κ2) is 4.72. The highest BCUT2D eigenvalue weighted by Gasteiger charge is 2.57. The molecule has 0 aromatic rings. The lowest BCUT2D eigenvalue weighted by Crippen LogP contribution is -2.47. The number of hydrogen-bond acceptors (Lipinski definition) is 2. The van der Waals surface area contributed by atoms with E-state index in [4.69, 9.17) is 0 Å². The number of rotatable bonds is 5. The van der Waals surface area contributed by atoms with E-state index in [0.29, 0.717) is 18.1 Å². The predicted molar refractivity (Wildman–Crippen MR) is 79.1 cm³/mol. The van der Waals surface area contributed by atoms with Crippen molar-refractivity contribution < 1.29 is 4.79 Å². The van der Waals surface area contributed by atoms with Crippen LogP contribution in [0.5, 0.6) is 0 Å². The quantitative estimate of drug-likeness (QED) is 0.837. The number of nitrogens with one attached hydrogen (secondary N) is 1. The highest BCUT2D eigenvalue weighted by molar-refractivity contribution is 5.89. The van der Waals surface area contributed by atoms with E-state index in [1.54, 1.807) is 0 Å². The van der Waals surface area contributed by atoms with E-state index in [2.05, 4.69) is 17.1 Å². The predicted octanol–water partition coefficient (Wildman–Crippen LogP) is 3.05. The minimum absolute atomic E-state index is 0.165. The Hall–Kier alpha value is -0.570. The van der Waals surface area contributed by atoms with Crippen molar-refractivity contribution in [2.45, 2.75) is 88.9 Å². The molecule has 1 spiro atoms. The minimum atomic E-state index is -0.165. The molecule has 1 heterocycles. The summed E-state index contributed by atoms with van der Waals surface area (Å²) in [6.07, 6.45) is 12.7. The third-order valence-electron chi connectivity index (χ3n) is 5.97. The Morgan fingerprint density at radius 1 is 1.20 bits per heavy atom. The van der Waals surface area contributed by atoms with Crippen molar-refractivity contribution in [3.8, 4) is 0 Å². The van der Waals surface area contributed by atoms with Crippen LogP contribution in [-0.4, -0.2) is 28.6 Å². The van der Waals surface area contributed by atoms with Gasteiger partial charge < -0.3 is 4.90 Å². The van der Waals surface area contributed by atoms with E-state index in [-0.39, 0.29) is 5.54 Å². The van der Waals surface area contributed by atoms with Crippen LogP contribution < -0.4 is 5.32 Å². The van der Waals surface area contributed by atoms with Crippen LogP contribution in [0.2, 0.25) is 0 Å². The van der Waals surface area contributed by atoms with Crippen LogP contribution in [0, 0.1) is 11.8 Å². The maximum Gasteiger partial charge on any atom is 0.244 e. The van der Waals surface area contributed by atoms with E-state index in [1.165, 1.54) is 44.9 Å². The normalized spacial score (nSPS) is 32.8. The first-order chi connectivity index (χ1) is 9.75. The molecule has 0 bridgehead atoms. The van der Waals surface area contributed by atoms with E-state index in [9.17, 15) is 4.79 Å². The molecule has 4 aliphatic rings. The second-order valence-corrected chi connectivity index (χ2v) is 7.62. The SMILES string of the molecule is CCCC1NC2(CCCC2)C(=O)N1C(C1CC1)C1CC1. The Bertz CT molecular complexity index is 382. The summed E-state index contributed by atoms with van der Waals surface area (Å²) in [6.45, 7) is 2.24. The molecule has 0 aromatic heterocycles. The summed E-state index contributed by atoms with van der Waals surface area (Å²) < 4.78 is 0. The molecule has 3 nitrogen and oxygen atoms in total. The van der Waals surface area contributed by atoms with Crippen molar-refractivity contribution >= 4 is 5.91 Å². The summed E-state index contributed by atoms with van der Waals surface area (Å²) >= 11 is 0. The van der Waals surface area contributed by atoms with Crippen LogP contribution in [0.4, 0.5) is 0 Å². The van der Waals surface area contributed by atoms with Crippen molar-refractivity contribution in [1.82, 2.24) is 10.2 Å². The summed E-state index contributed by atoms with van der Waals surface area (Å²) in [5.74, 6) is 2.12. The molecule has 4 rings (SSSR count). The van der Waals surface area contributed by atoms with E-state index in [0.717, 1.165) is 31.1 Å². The molecule has 20 heavy (non-hydrogen) atoms. The summed E-state index contributed by atoms with van der Waals surface area (Å²) in [4.78, 5) is 15.5. The monoisotopic (exact) mass is 276 g/mol. The maximum absolute atomic E-state index is 13.2. The van der Waals surface area contributed by atoms with Gasteiger partial charge >= 0.3 is 0 Å². The fourth-order valence-corrected chi connectivity index (χ4v) is 4.72. The van der Waals surface area contributed by atoms with Gasteiger partial charge in [-0.2, -0.15) is 0 Å². The molecule has 1 saturated heterocycles. The summed E-state index contributed by atoms with van der Waals surface area (Å²) in [5.41, 5.74) is -0.165. The topological polar surface area (TPSA) is 32.3 Å². The molecule has 3 aliphatic carbocycles. The van der Waals surface area contributed by atoms with Gasteiger partial charge in [-0.3, -0.25) is 10.1 Å². The lowest BCUT2D eigenvalue weighted by Gasteiger charge is -2.33.